The molecule has 0 N–H and O–H groups in total. The molecule has 0 unspecified atom stereocenters. The number of nitrogens with zero attached hydrogens (tertiary/aromatic N) is 4. The highest BCUT2D eigenvalue weighted by Crippen LogP contribution is 2.31. The summed E-state index contributed by atoms with van der Waals surface area (Å²) >= 11 is 3.35. The van der Waals surface area contributed by atoms with Gasteiger partial charge in [0.1, 0.15) is 17.4 Å². The summed E-state index contributed by atoms with van der Waals surface area (Å²) < 4.78 is 14.8. The van der Waals surface area contributed by atoms with Crippen LogP contribution in [-0.4, -0.2) is 33.5 Å². The Labute approximate surface area is 206 Å². The van der Waals surface area contributed by atoms with Crippen molar-refractivity contribution in [2.75, 3.05) is 13.7 Å². The van der Waals surface area contributed by atoms with E-state index in [0.717, 1.165) is 44.1 Å². The van der Waals surface area contributed by atoms with Crippen molar-refractivity contribution in [1.29, 1.82) is 0 Å². The Morgan fingerprint density at radius 3 is 2.56 bits per heavy atom. The van der Waals surface area contributed by atoms with Crippen molar-refractivity contribution in [1.82, 2.24) is 19.7 Å². The Morgan fingerprint density at radius 1 is 0.912 bits per heavy atom. The zero-order chi connectivity index (χ0) is 23.2. The van der Waals surface area contributed by atoms with Gasteiger partial charge in [0.15, 0.2) is 11.0 Å². The van der Waals surface area contributed by atoms with Gasteiger partial charge in [0.2, 0.25) is 0 Å². The predicted molar refractivity (Wildman–Crippen MR) is 137 cm³/mol. The summed E-state index contributed by atoms with van der Waals surface area (Å²) in [5, 5.41) is 10.8. The van der Waals surface area contributed by atoms with Gasteiger partial charge in [-0.25, -0.2) is 4.98 Å². The smallest absolute Gasteiger partial charge is 0.191 e. The van der Waals surface area contributed by atoms with Gasteiger partial charge in [-0.05, 0) is 23.8 Å². The normalized spacial score (nSPS) is 11.2. The van der Waals surface area contributed by atoms with E-state index in [1.54, 1.807) is 30.2 Å². The van der Waals surface area contributed by atoms with E-state index < -0.39 is 0 Å². The molecule has 0 saturated heterocycles. The molecule has 0 aliphatic carbocycles. The quantitative estimate of drug-likeness (QED) is 0.222. The van der Waals surface area contributed by atoms with Gasteiger partial charge >= 0.3 is 0 Å². The van der Waals surface area contributed by atoms with Crippen LogP contribution in [0.5, 0.6) is 5.75 Å². The summed E-state index contributed by atoms with van der Waals surface area (Å²) in [6.07, 6.45) is 0. The topological polar surface area (TPSA) is 62.1 Å². The first-order chi connectivity index (χ1) is 16.8. The van der Waals surface area contributed by atoms with Crippen molar-refractivity contribution in [3.63, 3.8) is 0 Å². The van der Waals surface area contributed by atoms with Crippen LogP contribution in [0.1, 0.15) is 10.8 Å². The Bertz CT molecular complexity index is 1330. The second-order valence-electron chi connectivity index (χ2n) is 7.56. The molecule has 0 radical (unpaired) electrons. The van der Waals surface area contributed by atoms with E-state index in [4.69, 9.17) is 14.5 Å². The van der Waals surface area contributed by atoms with Gasteiger partial charge in [-0.15, -0.1) is 21.5 Å². The fourth-order valence-electron chi connectivity index (χ4n) is 3.64. The van der Waals surface area contributed by atoms with Gasteiger partial charge in [-0.1, -0.05) is 72.4 Å². The van der Waals surface area contributed by atoms with Gasteiger partial charge in [-0.2, -0.15) is 0 Å². The summed E-state index contributed by atoms with van der Waals surface area (Å²) in [5.41, 5.74) is 3.21. The maximum atomic E-state index is 6.23. The lowest BCUT2D eigenvalue weighted by Crippen LogP contribution is -2.12. The van der Waals surface area contributed by atoms with Crippen molar-refractivity contribution in [3.8, 4) is 16.9 Å². The third-order valence-electron chi connectivity index (χ3n) is 5.30. The zero-order valence-electron chi connectivity index (χ0n) is 18.8. The van der Waals surface area contributed by atoms with Crippen molar-refractivity contribution < 1.29 is 9.47 Å². The molecule has 0 aliphatic rings. The number of para-hydroxylation sites is 2. The highest BCUT2D eigenvalue weighted by Gasteiger charge is 2.15. The number of thiazole rings is 1. The Balaban J connectivity index is 1.32. The number of aromatic nitrogens is 4. The molecule has 0 fully saturated rings. The molecule has 172 valence electrons. The Hall–Kier alpha value is -3.20. The zero-order valence-corrected chi connectivity index (χ0v) is 20.4. The van der Waals surface area contributed by atoms with Crippen molar-refractivity contribution in [2.24, 2.45) is 0 Å². The average molecular weight is 489 g/mol. The van der Waals surface area contributed by atoms with Crippen LogP contribution in [0.15, 0.2) is 84.0 Å². The first kappa shape index (κ1) is 22.6. The maximum Gasteiger partial charge on any atom is 0.191 e. The standard InChI is InChI=1S/C26H24N4O2S2/c1-31-16-15-30-24(17-32-22-13-7-5-11-20(22)19-9-3-2-4-10-19)28-29-26(30)33-18-25-27-21-12-6-8-14-23(21)34-25/h2-14H,15-18H2,1H3. The molecule has 0 spiro atoms. The Morgan fingerprint density at radius 2 is 1.71 bits per heavy atom. The summed E-state index contributed by atoms with van der Waals surface area (Å²) in [6, 6.07) is 26.5. The fraction of sp³-hybridized carbons (Fsp3) is 0.192. The minimum atomic E-state index is 0.322. The number of ether oxygens (including phenoxy) is 2. The van der Waals surface area contributed by atoms with Crippen molar-refractivity contribution in [2.45, 2.75) is 24.1 Å². The minimum Gasteiger partial charge on any atom is -0.485 e. The number of hydrogen-bond donors (Lipinski definition) is 0. The molecule has 0 bridgehead atoms. The molecule has 5 aromatic rings. The van der Waals surface area contributed by atoms with Crippen LogP contribution in [0.2, 0.25) is 0 Å². The third kappa shape index (κ3) is 5.14. The summed E-state index contributed by atoms with van der Waals surface area (Å²) in [7, 11) is 1.70. The molecule has 2 heterocycles. The molecule has 3 aromatic carbocycles. The van der Waals surface area contributed by atoms with E-state index >= 15 is 0 Å². The van der Waals surface area contributed by atoms with Crippen LogP contribution in [-0.2, 0) is 23.6 Å². The molecule has 0 atom stereocenters. The SMILES string of the molecule is COCCn1c(COc2ccccc2-c2ccccc2)nnc1SCc1nc2ccccc2s1. The number of benzene rings is 3. The molecule has 34 heavy (non-hydrogen) atoms. The lowest BCUT2D eigenvalue weighted by molar-refractivity contribution is 0.181. The number of methoxy groups -OCH3 is 1. The van der Waals surface area contributed by atoms with Crippen LogP contribution >= 0.6 is 23.1 Å². The Kier molecular flexibility index (Phi) is 7.19. The molecule has 0 aliphatic heterocycles. The second-order valence-corrected chi connectivity index (χ2v) is 9.62. The number of hydrogen-bond acceptors (Lipinski definition) is 7. The lowest BCUT2D eigenvalue weighted by atomic mass is 10.1. The summed E-state index contributed by atoms with van der Waals surface area (Å²) in [5.74, 6) is 2.33. The van der Waals surface area contributed by atoms with Crippen LogP contribution in [0.3, 0.4) is 0 Å². The highest BCUT2D eigenvalue weighted by molar-refractivity contribution is 7.98. The van der Waals surface area contributed by atoms with Crippen LogP contribution in [0, 0.1) is 0 Å². The van der Waals surface area contributed by atoms with E-state index in [1.807, 2.05) is 54.6 Å². The minimum absolute atomic E-state index is 0.322. The monoisotopic (exact) mass is 488 g/mol. The third-order valence-corrected chi connectivity index (χ3v) is 7.50. The summed E-state index contributed by atoms with van der Waals surface area (Å²) in [4.78, 5) is 4.73. The molecule has 6 nitrogen and oxygen atoms in total. The molecule has 5 rings (SSSR count). The maximum absolute atomic E-state index is 6.23. The van der Waals surface area contributed by atoms with E-state index in [-0.39, 0.29) is 0 Å². The molecular formula is C26H24N4O2S2. The number of rotatable bonds is 10. The van der Waals surface area contributed by atoms with Crippen LogP contribution in [0.25, 0.3) is 21.3 Å². The van der Waals surface area contributed by atoms with Crippen molar-refractivity contribution >= 4 is 33.3 Å². The average Bonchev–Trinajstić information content (AvgIpc) is 3.48. The lowest BCUT2D eigenvalue weighted by Gasteiger charge is -2.13. The van der Waals surface area contributed by atoms with Gasteiger partial charge in [0.25, 0.3) is 0 Å². The van der Waals surface area contributed by atoms with E-state index in [0.29, 0.717) is 19.8 Å². The van der Waals surface area contributed by atoms with Gasteiger partial charge in [0.05, 0.1) is 22.6 Å². The van der Waals surface area contributed by atoms with E-state index in [9.17, 15) is 0 Å². The van der Waals surface area contributed by atoms with Crippen molar-refractivity contribution in [3.05, 3.63) is 89.7 Å². The first-order valence-electron chi connectivity index (χ1n) is 11.0. The fourth-order valence-corrected chi connectivity index (χ4v) is 5.58. The molecular weight excluding hydrogens is 464 g/mol. The van der Waals surface area contributed by atoms with E-state index in [1.165, 1.54) is 4.70 Å². The molecule has 0 saturated carbocycles. The predicted octanol–water partition coefficient (Wildman–Crippen LogP) is 6.07. The second kappa shape index (κ2) is 10.8. The van der Waals surface area contributed by atoms with Crippen LogP contribution < -0.4 is 4.74 Å². The number of thioether (sulfide) groups is 1. The van der Waals surface area contributed by atoms with Crippen LogP contribution in [0.4, 0.5) is 0 Å². The molecule has 2 aromatic heterocycles. The number of fused-ring (bicyclic) bond motifs is 1. The van der Waals surface area contributed by atoms with Gasteiger partial charge < -0.3 is 14.0 Å². The summed E-state index contributed by atoms with van der Waals surface area (Å²) in [6.45, 7) is 1.55. The molecule has 0 amide bonds. The van der Waals surface area contributed by atoms with Gasteiger partial charge in [-0.3, -0.25) is 0 Å². The largest absolute Gasteiger partial charge is 0.485 e. The highest BCUT2D eigenvalue weighted by atomic mass is 32.2. The van der Waals surface area contributed by atoms with Gasteiger partial charge in [0, 0.05) is 19.2 Å². The first-order valence-corrected chi connectivity index (χ1v) is 12.8. The molecule has 8 heteroatoms. The van der Waals surface area contributed by atoms with E-state index in [2.05, 4.69) is 39.0 Å².